The predicted molar refractivity (Wildman–Crippen MR) is 108 cm³/mol. The van der Waals surface area contributed by atoms with Crippen molar-refractivity contribution in [3.63, 3.8) is 0 Å². The summed E-state index contributed by atoms with van der Waals surface area (Å²) in [5, 5.41) is 3.54. The number of hydrogen-bond acceptors (Lipinski definition) is 6. The second-order valence-corrected chi connectivity index (χ2v) is 6.19. The van der Waals surface area contributed by atoms with Crippen LogP contribution in [-0.2, 0) is 14.3 Å². The van der Waals surface area contributed by atoms with E-state index in [-0.39, 0.29) is 0 Å². The van der Waals surface area contributed by atoms with Gasteiger partial charge in [-0.2, -0.15) is 0 Å². The Morgan fingerprint density at radius 3 is 2.54 bits per heavy atom. The Morgan fingerprint density at radius 2 is 1.82 bits per heavy atom. The molecule has 0 unspecified atom stereocenters. The highest BCUT2D eigenvalue weighted by Crippen LogP contribution is 2.35. The molecule has 7 heteroatoms. The van der Waals surface area contributed by atoms with E-state index >= 15 is 0 Å². The van der Waals surface area contributed by atoms with Crippen molar-refractivity contribution in [3.8, 4) is 5.75 Å². The zero-order valence-electron chi connectivity index (χ0n) is 16.1. The summed E-state index contributed by atoms with van der Waals surface area (Å²) >= 11 is 0. The molecular weight excluding hydrogens is 358 g/mol. The van der Waals surface area contributed by atoms with E-state index in [1.54, 1.807) is 12.1 Å². The lowest BCUT2D eigenvalue weighted by Gasteiger charge is -2.23. The van der Waals surface area contributed by atoms with E-state index in [0.717, 1.165) is 35.1 Å². The maximum absolute atomic E-state index is 11.9. The van der Waals surface area contributed by atoms with Gasteiger partial charge >= 0.3 is 11.9 Å². The van der Waals surface area contributed by atoms with Crippen LogP contribution in [0.2, 0.25) is 0 Å². The van der Waals surface area contributed by atoms with Gasteiger partial charge in [0.05, 0.1) is 31.1 Å². The molecule has 0 bridgehead atoms. The minimum atomic E-state index is -0.975. The van der Waals surface area contributed by atoms with Gasteiger partial charge in [0.25, 0.3) is 0 Å². The normalized spacial score (nSPS) is 10.4. The van der Waals surface area contributed by atoms with Crippen LogP contribution < -0.4 is 15.0 Å². The number of carbonyl (C=O) groups excluding carboxylic acids is 2. The molecule has 1 amide bonds. The third-order valence-corrected chi connectivity index (χ3v) is 4.37. The highest BCUT2D eigenvalue weighted by atomic mass is 16.5. The van der Waals surface area contributed by atoms with Gasteiger partial charge in [-0.15, -0.1) is 0 Å². The molecule has 3 aromatic rings. The van der Waals surface area contributed by atoms with Gasteiger partial charge in [-0.25, -0.2) is 4.79 Å². The lowest BCUT2D eigenvalue weighted by Crippen LogP contribution is -2.24. The minimum Gasteiger partial charge on any atom is -0.495 e. The highest BCUT2D eigenvalue weighted by Gasteiger charge is 2.18. The summed E-state index contributed by atoms with van der Waals surface area (Å²) in [6.07, 6.45) is 0. The maximum atomic E-state index is 11.9. The molecule has 0 spiro atoms. The molecular formula is C21H21N3O4. The number of ether oxygens (including phenoxy) is 2. The molecule has 2 aromatic carbocycles. The molecule has 1 heterocycles. The van der Waals surface area contributed by atoms with Crippen molar-refractivity contribution in [2.24, 2.45) is 0 Å². The van der Waals surface area contributed by atoms with Gasteiger partial charge < -0.3 is 19.7 Å². The number of rotatable bonds is 4. The number of aromatic nitrogens is 1. The number of carbonyl (C=O) groups is 2. The number of benzene rings is 2. The number of methoxy groups -OCH3 is 2. The smallest absolute Gasteiger partial charge is 0.396 e. The lowest BCUT2D eigenvalue weighted by molar-refractivity contribution is -0.150. The molecule has 0 saturated heterocycles. The van der Waals surface area contributed by atoms with E-state index in [2.05, 4.69) is 15.0 Å². The van der Waals surface area contributed by atoms with Crippen LogP contribution in [0.5, 0.6) is 5.75 Å². The Morgan fingerprint density at radius 1 is 1.07 bits per heavy atom. The minimum absolute atomic E-state index is 0.373. The summed E-state index contributed by atoms with van der Waals surface area (Å²) in [5.74, 6) is -1.41. The van der Waals surface area contributed by atoms with Crippen molar-refractivity contribution in [3.05, 3.63) is 54.2 Å². The van der Waals surface area contributed by atoms with Gasteiger partial charge in [-0.1, -0.05) is 18.2 Å². The Labute approximate surface area is 162 Å². The third kappa shape index (κ3) is 3.73. The fraction of sp³-hybridized carbons (Fsp3) is 0.190. The highest BCUT2D eigenvalue weighted by molar-refractivity contribution is 6.37. The van der Waals surface area contributed by atoms with Crippen LogP contribution in [0.15, 0.2) is 48.5 Å². The summed E-state index contributed by atoms with van der Waals surface area (Å²) in [6.45, 7) is 1.94. The van der Waals surface area contributed by atoms with Crippen molar-refractivity contribution in [1.82, 2.24) is 4.98 Å². The molecule has 0 aliphatic heterocycles. The van der Waals surface area contributed by atoms with E-state index in [0.29, 0.717) is 11.4 Å². The number of esters is 1. The first-order valence-electron chi connectivity index (χ1n) is 8.62. The molecule has 0 aliphatic carbocycles. The number of aryl methyl sites for hydroxylation is 1. The summed E-state index contributed by atoms with van der Waals surface area (Å²) < 4.78 is 9.75. The van der Waals surface area contributed by atoms with Crippen LogP contribution in [-0.4, -0.2) is 38.1 Å². The number of hydrogen-bond donors (Lipinski definition) is 1. The quantitative estimate of drug-likeness (QED) is 0.553. The second kappa shape index (κ2) is 7.96. The monoisotopic (exact) mass is 379 g/mol. The van der Waals surface area contributed by atoms with E-state index < -0.39 is 11.9 Å². The number of nitrogens with zero attached hydrogens (tertiary/aromatic N) is 2. The molecule has 144 valence electrons. The Kier molecular flexibility index (Phi) is 5.44. The molecule has 7 nitrogen and oxygen atoms in total. The van der Waals surface area contributed by atoms with Gasteiger partial charge in [0, 0.05) is 23.8 Å². The number of para-hydroxylation sites is 1. The largest absolute Gasteiger partial charge is 0.495 e. The van der Waals surface area contributed by atoms with Crippen LogP contribution in [0, 0.1) is 6.92 Å². The first kappa shape index (κ1) is 19.2. The van der Waals surface area contributed by atoms with Crippen LogP contribution >= 0.6 is 0 Å². The van der Waals surface area contributed by atoms with Gasteiger partial charge in [0.2, 0.25) is 0 Å². The van der Waals surface area contributed by atoms with Gasteiger partial charge in [0.15, 0.2) is 0 Å². The molecule has 0 saturated carbocycles. The van der Waals surface area contributed by atoms with Crippen molar-refractivity contribution >= 4 is 39.8 Å². The summed E-state index contributed by atoms with van der Waals surface area (Å²) in [4.78, 5) is 29.9. The number of fused-ring (bicyclic) bond motifs is 1. The SMILES string of the molecule is COC(=O)C(=O)Nc1cc(N(C)c2cc(C)nc3ccccc23)ccc1OC. The molecule has 1 N–H and O–H groups in total. The van der Waals surface area contributed by atoms with Gasteiger partial charge in [0.1, 0.15) is 5.75 Å². The molecule has 28 heavy (non-hydrogen) atoms. The van der Waals surface area contributed by atoms with Crippen molar-refractivity contribution in [1.29, 1.82) is 0 Å². The first-order valence-corrected chi connectivity index (χ1v) is 8.62. The third-order valence-electron chi connectivity index (χ3n) is 4.37. The van der Waals surface area contributed by atoms with Gasteiger partial charge in [-0.05, 0) is 37.3 Å². The molecule has 0 aliphatic rings. The number of pyridine rings is 1. The number of anilines is 3. The van der Waals surface area contributed by atoms with Crippen molar-refractivity contribution in [2.75, 3.05) is 31.5 Å². The Bertz CT molecular complexity index is 1050. The van der Waals surface area contributed by atoms with Crippen molar-refractivity contribution in [2.45, 2.75) is 6.92 Å². The second-order valence-electron chi connectivity index (χ2n) is 6.19. The topological polar surface area (TPSA) is 80.8 Å². The predicted octanol–water partition coefficient (Wildman–Crippen LogP) is 3.43. The van der Waals surface area contributed by atoms with Gasteiger partial charge in [-0.3, -0.25) is 9.78 Å². The Balaban J connectivity index is 2.03. The van der Waals surface area contributed by atoms with E-state index in [1.807, 2.05) is 55.3 Å². The van der Waals surface area contributed by atoms with E-state index in [4.69, 9.17) is 4.74 Å². The number of amides is 1. The fourth-order valence-corrected chi connectivity index (χ4v) is 2.97. The zero-order valence-corrected chi connectivity index (χ0v) is 16.1. The van der Waals surface area contributed by atoms with Crippen LogP contribution in [0.1, 0.15) is 5.69 Å². The standard InChI is InChI=1S/C21H21N3O4/c1-13-11-18(15-7-5-6-8-16(15)22-13)24(2)14-9-10-19(27-3)17(12-14)23-20(25)21(26)28-4/h5-12H,1-4H3,(H,23,25). The summed E-state index contributed by atoms with van der Waals surface area (Å²) in [6, 6.07) is 15.2. The first-order chi connectivity index (χ1) is 13.4. The zero-order chi connectivity index (χ0) is 20.3. The average Bonchev–Trinajstić information content (AvgIpc) is 2.71. The maximum Gasteiger partial charge on any atom is 0.396 e. The van der Waals surface area contributed by atoms with E-state index in [1.165, 1.54) is 7.11 Å². The average molecular weight is 379 g/mol. The summed E-state index contributed by atoms with van der Waals surface area (Å²) in [7, 11) is 4.57. The van der Waals surface area contributed by atoms with E-state index in [9.17, 15) is 9.59 Å². The Hall–Kier alpha value is -3.61. The lowest BCUT2D eigenvalue weighted by atomic mass is 10.1. The summed E-state index contributed by atoms with van der Waals surface area (Å²) in [5.41, 5.74) is 3.94. The molecule has 0 fully saturated rings. The molecule has 1 aromatic heterocycles. The van der Waals surface area contributed by atoms with Crippen LogP contribution in [0.25, 0.3) is 10.9 Å². The van der Waals surface area contributed by atoms with Crippen LogP contribution in [0.3, 0.4) is 0 Å². The fourth-order valence-electron chi connectivity index (χ4n) is 2.97. The molecule has 3 rings (SSSR count). The molecule has 0 atom stereocenters. The molecule has 0 radical (unpaired) electrons. The van der Waals surface area contributed by atoms with Crippen molar-refractivity contribution < 1.29 is 19.1 Å². The van der Waals surface area contributed by atoms with Crippen LogP contribution in [0.4, 0.5) is 17.1 Å². The number of nitrogens with one attached hydrogen (secondary N) is 1.